The fraction of sp³-hybridized carbons (Fsp3) is 0.222. The van der Waals surface area contributed by atoms with Crippen molar-refractivity contribution in [3.05, 3.63) is 69.2 Å². The molecule has 0 radical (unpaired) electrons. The molecule has 0 bridgehead atoms. The molecule has 0 saturated carbocycles. The Bertz CT molecular complexity index is 719. The summed E-state index contributed by atoms with van der Waals surface area (Å²) in [7, 11) is 0. The van der Waals surface area contributed by atoms with E-state index in [9.17, 15) is 9.59 Å². The number of aryl methyl sites for hydroxylation is 2. The number of carbonyl (C=O) groups is 2. The number of hydrogen-bond donors (Lipinski definition) is 0. The van der Waals surface area contributed by atoms with E-state index in [1.807, 2.05) is 18.2 Å². The molecule has 0 unspecified atom stereocenters. The zero-order valence-corrected chi connectivity index (χ0v) is 13.2. The van der Waals surface area contributed by atoms with E-state index < -0.39 is 11.6 Å². The van der Waals surface area contributed by atoms with Crippen molar-refractivity contribution >= 4 is 27.5 Å². The van der Waals surface area contributed by atoms with Gasteiger partial charge in [-0.05, 0) is 55.0 Å². The lowest BCUT2D eigenvalue weighted by atomic mass is 9.89. The predicted molar refractivity (Wildman–Crippen MR) is 85.9 cm³/mol. The van der Waals surface area contributed by atoms with Crippen molar-refractivity contribution < 1.29 is 9.59 Å². The molecule has 0 N–H and O–H groups in total. The highest BCUT2D eigenvalue weighted by atomic mass is 79.9. The van der Waals surface area contributed by atoms with E-state index in [-0.39, 0.29) is 0 Å². The third kappa shape index (κ3) is 2.98. The molecule has 0 heterocycles. The van der Waals surface area contributed by atoms with E-state index in [2.05, 4.69) is 15.9 Å². The minimum atomic E-state index is -0.452. The minimum Gasteiger partial charge on any atom is -0.285 e. The standard InChI is InChI=1S/C18H15BrO2/c19-16-7-3-6-14(11-16)17(20)18(21)15-9-8-12-4-1-2-5-13(12)10-15/h3,6-11H,1-2,4-5H2. The van der Waals surface area contributed by atoms with Crippen LogP contribution < -0.4 is 0 Å². The summed E-state index contributed by atoms with van der Waals surface area (Å²) in [6, 6.07) is 12.6. The summed E-state index contributed by atoms with van der Waals surface area (Å²) >= 11 is 3.32. The number of rotatable bonds is 3. The van der Waals surface area contributed by atoms with E-state index in [1.54, 1.807) is 24.3 Å². The molecule has 1 aliphatic carbocycles. The van der Waals surface area contributed by atoms with Gasteiger partial charge in [0, 0.05) is 15.6 Å². The molecule has 2 nitrogen and oxygen atoms in total. The van der Waals surface area contributed by atoms with Crippen molar-refractivity contribution in [1.82, 2.24) is 0 Å². The predicted octanol–water partition coefficient (Wildman–Crippen LogP) is 4.39. The third-order valence-corrected chi connectivity index (χ3v) is 4.40. The zero-order chi connectivity index (χ0) is 14.8. The van der Waals surface area contributed by atoms with Crippen molar-refractivity contribution in [2.45, 2.75) is 25.7 Å². The van der Waals surface area contributed by atoms with Gasteiger partial charge in [-0.15, -0.1) is 0 Å². The lowest BCUT2D eigenvalue weighted by molar-refractivity contribution is 0.0817. The van der Waals surface area contributed by atoms with Crippen LogP contribution in [-0.4, -0.2) is 11.6 Å². The summed E-state index contributed by atoms with van der Waals surface area (Å²) in [6.07, 6.45) is 4.44. The van der Waals surface area contributed by atoms with Gasteiger partial charge in [0.15, 0.2) is 0 Å². The second-order valence-electron chi connectivity index (χ2n) is 5.36. The fourth-order valence-corrected chi connectivity index (χ4v) is 3.17. The Morgan fingerprint density at radius 3 is 2.19 bits per heavy atom. The van der Waals surface area contributed by atoms with Gasteiger partial charge in [-0.1, -0.05) is 40.2 Å². The summed E-state index contributed by atoms with van der Waals surface area (Å²) in [6.45, 7) is 0. The van der Waals surface area contributed by atoms with Crippen LogP contribution in [-0.2, 0) is 12.8 Å². The van der Waals surface area contributed by atoms with Gasteiger partial charge in [-0.2, -0.15) is 0 Å². The third-order valence-electron chi connectivity index (χ3n) is 3.90. The first kappa shape index (κ1) is 14.2. The Balaban J connectivity index is 1.90. The van der Waals surface area contributed by atoms with Gasteiger partial charge in [0.2, 0.25) is 11.6 Å². The van der Waals surface area contributed by atoms with Crippen molar-refractivity contribution in [1.29, 1.82) is 0 Å². The minimum absolute atomic E-state index is 0.423. The van der Waals surface area contributed by atoms with Crippen molar-refractivity contribution in [3.8, 4) is 0 Å². The smallest absolute Gasteiger partial charge is 0.233 e. The van der Waals surface area contributed by atoms with Crippen molar-refractivity contribution in [2.24, 2.45) is 0 Å². The van der Waals surface area contributed by atoms with Gasteiger partial charge in [0.05, 0.1) is 0 Å². The molecule has 3 heteroatoms. The highest BCUT2D eigenvalue weighted by molar-refractivity contribution is 9.10. The monoisotopic (exact) mass is 342 g/mol. The van der Waals surface area contributed by atoms with E-state index in [1.165, 1.54) is 17.5 Å². The maximum atomic E-state index is 12.4. The molecule has 0 spiro atoms. The summed E-state index contributed by atoms with van der Waals surface area (Å²) < 4.78 is 0.798. The van der Waals surface area contributed by atoms with Gasteiger partial charge in [-0.25, -0.2) is 0 Å². The summed E-state index contributed by atoms with van der Waals surface area (Å²) in [4.78, 5) is 24.7. The van der Waals surface area contributed by atoms with E-state index in [0.29, 0.717) is 11.1 Å². The summed E-state index contributed by atoms with van der Waals surface area (Å²) in [5.74, 6) is -0.881. The van der Waals surface area contributed by atoms with E-state index in [0.717, 1.165) is 23.7 Å². The summed E-state index contributed by atoms with van der Waals surface area (Å²) in [5.41, 5.74) is 3.45. The molecule has 1 aliphatic rings. The zero-order valence-electron chi connectivity index (χ0n) is 11.6. The van der Waals surface area contributed by atoms with Gasteiger partial charge in [-0.3, -0.25) is 9.59 Å². The van der Waals surface area contributed by atoms with Crippen LogP contribution in [0.25, 0.3) is 0 Å². The molecule has 0 fully saturated rings. The molecular weight excluding hydrogens is 328 g/mol. The van der Waals surface area contributed by atoms with Crippen molar-refractivity contribution in [3.63, 3.8) is 0 Å². The first-order valence-electron chi connectivity index (χ1n) is 7.11. The van der Waals surface area contributed by atoms with Crippen molar-refractivity contribution in [2.75, 3.05) is 0 Å². The van der Waals surface area contributed by atoms with Gasteiger partial charge in [0.25, 0.3) is 0 Å². The normalized spacial score (nSPS) is 13.6. The molecule has 0 atom stereocenters. The number of halogens is 1. The molecule has 0 aliphatic heterocycles. The maximum Gasteiger partial charge on any atom is 0.233 e. The second-order valence-corrected chi connectivity index (χ2v) is 6.27. The fourth-order valence-electron chi connectivity index (χ4n) is 2.77. The molecule has 21 heavy (non-hydrogen) atoms. The molecule has 2 aromatic carbocycles. The van der Waals surface area contributed by atoms with E-state index >= 15 is 0 Å². The highest BCUT2D eigenvalue weighted by Gasteiger charge is 2.20. The Hall–Kier alpha value is -1.74. The largest absolute Gasteiger partial charge is 0.285 e. The van der Waals surface area contributed by atoms with E-state index in [4.69, 9.17) is 0 Å². The van der Waals surface area contributed by atoms with Crippen LogP contribution >= 0.6 is 15.9 Å². The van der Waals surface area contributed by atoms with Crippen LogP contribution in [0.4, 0.5) is 0 Å². The van der Waals surface area contributed by atoms with Gasteiger partial charge in [0.1, 0.15) is 0 Å². The quantitative estimate of drug-likeness (QED) is 0.612. The SMILES string of the molecule is O=C(C(=O)c1ccc2c(c1)CCCC2)c1cccc(Br)c1. The number of Topliss-reactive ketones (excluding diaryl/α,β-unsaturated/α-hetero) is 2. The molecule has 2 aromatic rings. The van der Waals surface area contributed by atoms with Gasteiger partial charge < -0.3 is 0 Å². The Labute approximate surface area is 132 Å². The topological polar surface area (TPSA) is 34.1 Å². The molecule has 0 amide bonds. The first-order valence-corrected chi connectivity index (χ1v) is 7.91. The molecular formula is C18H15BrO2. The van der Waals surface area contributed by atoms with Crippen LogP contribution in [0.2, 0.25) is 0 Å². The number of benzene rings is 2. The summed E-state index contributed by atoms with van der Waals surface area (Å²) in [5, 5.41) is 0. The first-order chi connectivity index (χ1) is 10.1. The van der Waals surface area contributed by atoms with Crippen LogP contribution in [0.15, 0.2) is 46.9 Å². The molecule has 0 saturated heterocycles. The Morgan fingerprint density at radius 2 is 1.48 bits per heavy atom. The average Bonchev–Trinajstić information content (AvgIpc) is 2.53. The number of carbonyl (C=O) groups excluding carboxylic acids is 2. The van der Waals surface area contributed by atoms with Crippen LogP contribution in [0.3, 0.4) is 0 Å². The van der Waals surface area contributed by atoms with Crippen LogP contribution in [0, 0.1) is 0 Å². The Kier molecular flexibility index (Phi) is 4.02. The molecule has 106 valence electrons. The maximum absolute atomic E-state index is 12.4. The van der Waals surface area contributed by atoms with Gasteiger partial charge >= 0.3 is 0 Å². The van der Waals surface area contributed by atoms with Crippen LogP contribution in [0.1, 0.15) is 44.7 Å². The highest BCUT2D eigenvalue weighted by Crippen LogP contribution is 2.23. The molecule has 3 rings (SSSR count). The average molecular weight is 343 g/mol. The lowest BCUT2D eigenvalue weighted by Gasteiger charge is -2.16. The number of fused-ring (bicyclic) bond motifs is 1. The molecule has 0 aromatic heterocycles. The second kappa shape index (κ2) is 5.94. The number of hydrogen-bond acceptors (Lipinski definition) is 2. The lowest BCUT2D eigenvalue weighted by Crippen LogP contribution is -2.15. The van der Waals surface area contributed by atoms with Crippen LogP contribution in [0.5, 0.6) is 0 Å². The Morgan fingerprint density at radius 1 is 0.810 bits per heavy atom. The number of ketones is 2.